The summed E-state index contributed by atoms with van der Waals surface area (Å²) in [5.41, 5.74) is 5.48. The van der Waals surface area contributed by atoms with Crippen molar-refractivity contribution in [2.75, 3.05) is 37.9 Å². The molecule has 1 amide bonds. The van der Waals surface area contributed by atoms with Crippen LogP contribution in [0.4, 0.5) is 15.9 Å². The second-order valence-electron chi connectivity index (χ2n) is 11.6. The van der Waals surface area contributed by atoms with E-state index in [1.165, 1.54) is 12.1 Å². The molecule has 0 saturated carbocycles. The standard InChI is InChI=1S/C39H36FN5O2S/c1-45(2)21-11-20-34(46)43-32-19-10-17-30(23-32)37-35(29-15-7-4-8-16-29)36-38(41-26-42-39(36)48-37)44-33(28-13-5-3-6-14-28)25-47-24-27-12-9-18-31(40)22-27/h3-20,22-23,26,33H,21,24-25H2,1-2H3,(H,43,46)(H,41,42,44). The number of aromatic nitrogens is 2. The third kappa shape index (κ3) is 8.19. The summed E-state index contributed by atoms with van der Waals surface area (Å²) >= 11 is 1.58. The van der Waals surface area contributed by atoms with Crippen LogP contribution in [0, 0.1) is 5.82 Å². The number of anilines is 2. The second-order valence-corrected chi connectivity index (χ2v) is 12.6. The Morgan fingerprint density at radius 2 is 1.67 bits per heavy atom. The van der Waals surface area contributed by atoms with Crippen molar-refractivity contribution in [3.05, 3.63) is 145 Å². The number of carbonyl (C=O) groups excluding carboxylic acids is 1. The van der Waals surface area contributed by atoms with Gasteiger partial charge in [-0.25, -0.2) is 14.4 Å². The fourth-order valence-corrected chi connectivity index (χ4v) is 6.57. The zero-order chi connectivity index (χ0) is 33.3. The minimum atomic E-state index is -0.288. The molecule has 0 aliphatic rings. The quantitative estimate of drug-likeness (QED) is 0.121. The Morgan fingerprint density at radius 1 is 0.917 bits per heavy atom. The summed E-state index contributed by atoms with van der Waals surface area (Å²) in [5, 5.41) is 7.56. The zero-order valence-electron chi connectivity index (χ0n) is 26.8. The molecule has 242 valence electrons. The average Bonchev–Trinajstić information content (AvgIpc) is 3.49. The van der Waals surface area contributed by atoms with Gasteiger partial charge in [-0.2, -0.15) is 0 Å². The average molecular weight is 658 g/mol. The van der Waals surface area contributed by atoms with Gasteiger partial charge in [0.05, 0.1) is 24.6 Å². The molecule has 0 saturated heterocycles. The van der Waals surface area contributed by atoms with E-state index in [1.807, 2.05) is 104 Å². The molecule has 2 aromatic heterocycles. The highest BCUT2D eigenvalue weighted by Crippen LogP contribution is 2.47. The van der Waals surface area contributed by atoms with Crippen LogP contribution in [0.25, 0.3) is 31.8 Å². The van der Waals surface area contributed by atoms with E-state index in [4.69, 9.17) is 14.7 Å². The number of likely N-dealkylation sites (N-methyl/N-ethyl adjacent to an activating group) is 1. The van der Waals surface area contributed by atoms with Gasteiger partial charge in [-0.05, 0) is 60.6 Å². The molecule has 2 heterocycles. The van der Waals surface area contributed by atoms with Gasteiger partial charge in [0.1, 0.15) is 22.8 Å². The number of benzene rings is 4. The van der Waals surface area contributed by atoms with Crippen molar-refractivity contribution < 1.29 is 13.9 Å². The van der Waals surface area contributed by atoms with Gasteiger partial charge in [0.25, 0.3) is 0 Å². The molecule has 48 heavy (non-hydrogen) atoms. The van der Waals surface area contributed by atoms with Crippen molar-refractivity contribution in [3.8, 4) is 21.6 Å². The Kier molecular flexibility index (Phi) is 10.6. The highest BCUT2D eigenvalue weighted by molar-refractivity contribution is 7.22. The lowest BCUT2D eigenvalue weighted by atomic mass is 9.99. The third-order valence-corrected chi connectivity index (χ3v) is 8.78. The summed E-state index contributed by atoms with van der Waals surface area (Å²) in [6.07, 6.45) is 4.97. The van der Waals surface area contributed by atoms with E-state index in [1.54, 1.807) is 29.8 Å². The summed E-state index contributed by atoms with van der Waals surface area (Å²) in [4.78, 5) is 25.9. The van der Waals surface area contributed by atoms with E-state index in [0.717, 1.165) is 42.9 Å². The molecule has 1 unspecified atom stereocenters. The van der Waals surface area contributed by atoms with Crippen LogP contribution < -0.4 is 10.6 Å². The molecule has 6 aromatic rings. The van der Waals surface area contributed by atoms with Crippen molar-refractivity contribution in [2.24, 2.45) is 0 Å². The van der Waals surface area contributed by atoms with Gasteiger partial charge in [-0.1, -0.05) is 91.0 Å². The molecule has 0 radical (unpaired) electrons. The predicted octanol–water partition coefficient (Wildman–Crippen LogP) is 8.59. The van der Waals surface area contributed by atoms with E-state index >= 15 is 0 Å². The number of nitrogens with zero attached hydrogens (tertiary/aromatic N) is 3. The lowest BCUT2D eigenvalue weighted by Crippen LogP contribution is -2.18. The van der Waals surface area contributed by atoms with Gasteiger partial charge in [0.15, 0.2) is 0 Å². The summed E-state index contributed by atoms with van der Waals surface area (Å²) in [5.74, 6) is 0.210. The maximum absolute atomic E-state index is 13.8. The minimum Gasteiger partial charge on any atom is -0.374 e. The Morgan fingerprint density at radius 3 is 2.44 bits per heavy atom. The van der Waals surface area contributed by atoms with Crippen LogP contribution in [0.1, 0.15) is 17.2 Å². The molecule has 0 aliphatic carbocycles. The fraction of sp³-hybridized carbons (Fsp3) is 0.154. The summed E-state index contributed by atoms with van der Waals surface area (Å²) in [6.45, 7) is 1.28. The fourth-order valence-electron chi connectivity index (χ4n) is 5.41. The smallest absolute Gasteiger partial charge is 0.248 e. The van der Waals surface area contributed by atoms with E-state index in [9.17, 15) is 9.18 Å². The zero-order valence-corrected chi connectivity index (χ0v) is 27.6. The molecule has 1 atom stereocenters. The van der Waals surface area contributed by atoms with Gasteiger partial charge in [0.2, 0.25) is 5.91 Å². The number of hydrogen-bond acceptors (Lipinski definition) is 7. The minimum absolute atomic E-state index is 0.183. The number of carbonyl (C=O) groups is 1. The number of hydrogen-bond donors (Lipinski definition) is 2. The normalized spacial score (nSPS) is 12.1. The molecule has 6 rings (SSSR count). The number of amides is 1. The topological polar surface area (TPSA) is 79.4 Å². The van der Waals surface area contributed by atoms with Crippen LogP contribution in [0.3, 0.4) is 0 Å². The van der Waals surface area contributed by atoms with Crippen LogP contribution >= 0.6 is 11.3 Å². The lowest BCUT2D eigenvalue weighted by molar-refractivity contribution is -0.111. The Labute approximate surface area is 283 Å². The first kappa shape index (κ1) is 32.7. The highest BCUT2D eigenvalue weighted by atomic mass is 32.1. The molecule has 2 N–H and O–H groups in total. The molecule has 0 fully saturated rings. The van der Waals surface area contributed by atoms with Crippen molar-refractivity contribution in [2.45, 2.75) is 12.6 Å². The molecule has 0 bridgehead atoms. The number of rotatable bonds is 13. The number of ether oxygens (including phenoxy) is 1. The molecule has 0 aliphatic heterocycles. The molecule has 7 nitrogen and oxygen atoms in total. The monoisotopic (exact) mass is 657 g/mol. The Bertz CT molecular complexity index is 2010. The van der Waals surface area contributed by atoms with Crippen LogP contribution in [0.2, 0.25) is 0 Å². The highest BCUT2D eigenvalue weighted by Gasteiger charge is 2.23. The maximum Gasteiger partial charge on any atom is 0.248 e. The van der Waals surface area contributed by atoms with Crippen molar-refractivity contribution in [1.82, 2.24) is 14.9 Å². The van der Waals surface area contributed by atoms with Gasteiger partial charge in [-0.15, -0.1) is 11.3 Å². The Hall–Kier alpha value is -5.22. The molecular formula is C39H36FN5O2S. The number of thiophene rings is 1. The van der Waals surface area contributed by atoms with Crippen LogP contribution in [-0.2, 0) is 16.1 Å². The van der Waals surface area contributed by atoms with Crippen molar-refractivity contribution >= 4 is 39.0 Å². The number of nitrogens with one attached hydrogen (secondary N) is 2. The third-order valence-electron chi connectivity index (χ3n) is 7.64. The van der Waals surface area contributed by atoms with Crippen LogP contribution in [-0.4, -0.2) is 48.0 Å². The molecular weight excluding hydrogens is 622 g/mol. The van der Waals surface area contributed by atoms with Gasteiger partial charge < -0.3 is 20.3 Å². The van der Waals surface area contributed by atoms with Crippen LogP contribution in [0.15, 0.2) is 128 Å². The summed E-state index contributed by atoms with van der Waals surface area (Å²) < 4.78 is 19.9. The molecule has 0 spiro atoms. The van der Waals surface area contributed by atoms with E-state index in [-0.39, 0.29) is 24.4 Å². The first-order chi connectivity index (χ1) is 23.4. The van der Waals surface area contributed by atoms with E-state index in [2.05, 4.69) is 22.8 Å². The van der Waals surface area contributed by atoms with Gasteiger partial charge in [0, 0.05) is 28.7 Å². The number of halogens is 1. The molecule has 4 aromatic carbocycles. The lowest BCUT2D eigenvalue weighted by Gasteiger charge is -2.21. The predicted molar refractivity (Wildman–Crippen MR) is 193 cm³/mol. The summed E-state index contributed by atoms with van der Waals surface area (Å²) in [7, 11) is 3.91. The SMILES string of the molecule is CN(C)CC=CC(=O)Nc1cccc(-c2sc3ncnc(NC(COCc4cccc(F)c4)c4ccccc4)c3c2-c2ccccc2)c1. The van der Waals surface area contributed by atoms with Crippen LogP contribution in [0.5, 0.6) is 0 Å². The number of fused-ring (bicyclic) bond motifs is 1. The first-order valence-corrected chi connectivity index (χ1v) is 16.5. The molecule has 9 heteroatoms. The van der Waals surface area contributed by atoms with Gasteiger partial charge >= 0.3 is 0 Å². The van der Waals surface area contributed by atoms with E-state index in [0.29, 0.717) is 24.7 Å². The van der Waals surface area contributed by atoms with Crippen molar-refractivity contribution in [3.63, 3.8) is 0 Å². The second kappa shape index (κ2) is 15.6. The maximum atomic E-state index is 13.8. The van der Waals surface area contributed by atoms with E-state index < -0.39 is 0 Å². The first-order valence-electron chi connectivity index (χ1n) is 15.6. The van der Waals surface area contributed by atoms with Gasteiger partial charge in [-0.3, -0.25) is 4.79 Å². The summed E-state index contributed by atoms with van der Waals surface area (Å²) in [6, 6.07) is 34.3. The largest absolute Gasteiger partial charge is 0.374 e. The van der Waals surface area contributed by atoms with Crippen molar-refractivity contribution in [1.29, 1.82) is 0 Å². The Balaban J connectivity index is 1.36.